The molecule has 5 nitrogen and oxygen atoms in total. The maximum absolute atomic E-state index is 10.8. The Hall–Kier alpha value is -0.650. The maximum atomic E-state index is 10.8. The number of nitrogens with two attached hydrogens (primary N) is 2. The Balaban J connectivity index is 3.51. The van der Waals surface area contributed by atoms with Crippen LogP contribution >= 0.6 is 0 Å². The van der Waals surface area contributed by atoms with Gasteiger partial charge in [0.25, 0.3) is 0 Å². The molecule has 0 aromatic carbocycles. The molecular weight excluding hydrogens is 170 g/mol. The van der Waals surface area contributed by atoms with Gasteiger partial charge in [-0.3, -0.25) is 4.79 Å². The highest BCUT2D eigenvalue weighted by Gasteiger charge is 2.12. The van der Waals surface area contributed by atoms with E-state index in [1.807, 2.05) is 6.92 Å². The van der Waals surface area contributed by atoms with E-state index < -0.39 is 0 Å². The second kappa shape index (κ2) is 7.97. The standard InChI is InChI=1S/C8H19N3O2/c1-2-11-7(8(10)12)3-5-13-6-4-9/h7,11H,2-6,9H2,1H3,(H2,10,12). The number of hydrogen-bond donors (Lipinski definition) is 3. The van der Waals surface area contributed by atoms with Crippen molar-refractivity contribution in [2.45, 2.75) is 19.4 Å². The number of ether oxygens (including phenoxy) is 1. The highest BCUT2D eigenvalue weighted by atomic mass is 16.5. The van der Waals surface area contributed by atoms with Crippen molar-refractivity contribution in [1.82, 2.24) is 5.32 Å². The van der Waals surface area contributed by atoms with E-state index in [0.29, 0.717) is 26.2 Å². The zero-order valence-electron chi connectivity index (χ0n) is 8.08. The molecule has 0 bridgehead atoms. The Bertz CT molecular complexity index is 141. The summed E-state index contributed by atoms with van der Waals surface area (Å²) in [5.41, 5.74) is 10.4. The molecule has 1 unspecified atom stereocenters. The molecule has 0 radical (unpaired) electrons. The van der Waals surface area contributed by atoms with E-state index in [2.05, 4.69) is 5.32 Å². The third-order valence-electron chi connectivity index (χ3n) is 1.61. The minimum atomic E-state index is -0.335. The first kappa shape index (κ1) is 12.3. The van der Waals surface area contributed by atoms with Gasteiger partial charge in [0.05, 0.1) is 12.6 Å². The molecule has 1 atom stereocenters. The second-order valence-corrected chi connectivity index (χ2v) is 2.70. The van der Waals surface area contributed by atoms with E-state index in [1.54, 1.807) is 0 Å². The molecule has 0 saturated heterocycles. The smallest absolute Gasteiger partial charge is 0.234 e. The predicted molar refractivity (Wildman–Crippen MR) is 51.1 cm³/mol. The third-order valence-corrected chi connectivity index (χ3v) is 1.61. The van der Waals surface area contributed by atoms with Crippen molar-refractivity contribution in [2.24, 2.45) is 11.5 Å². The van der Waals surface area contributed by atoms with Crippen LogP contribution in [0, 0.1) is 0 Å². The zero-order valence-corrected chi connectivity index (χ0v) is 8.08. The number of carbonyl (C=O) groups is 1. The van der Waals surface area contributed by atoms with Gasteiger partial charge in [-0.15, -0.1) is 0 Å². The molecule has 0 aromatic rings. The van der Waals surface area contributed by atoms with Crippen molar-refractivity contribution in [1.29, 1.82) is 0 Å². The minimum absolute atomic E-state index is 0.289. The first-order chi connectivity index (χ1) is 6.22. The van der Waals surface area contributed by atoms with Crippen LogP contribution in [0.1, 0.15) is 13.3 Å². The van der Waals surface area contributed by atoms with E-state index in [-0.39, 0.29) is 11.9 Å². The summed E-state index contributed by atoms with van der Waals surface area (Å²) < 4.78 is 5.14. The zero-order chi connectivity index (χ0) is 10.1. The lowest BCUT2D eigenvalue weighted by Crippen LogP contribution is -2.41. The molecule has 5 heteroatoms. The van der Waals surface area contributed by atoms with Crippen molar-refractivity contribution in [2.75, 3.05) is 26.3 Å². The van der Waals surface area contributed by atoms with E-state index in [9.17, 15) is 4.79 Å². The topological polar surface area (TPSA) is 90.4 Å². The quantitative estimate of drug-likeness (QED) is 0.419. The Morgan fingerprint density at radius 3 is 2.69 bits per heavy atom. The van der Waals surface area contributed by atoms with Crippen molar-refractivity contribution < 1.29 is 9.53 Å². The second-order valence-electron chi connectivity index (χ2n) is 2.70. The predicted octanol–water partition coefficient (Wildman–Crippen LogP) is -1.18. The van der Waals surface area contributed by atoms with Crippen LogP contribution in [0.15, 0.2) is 0 Å². The van der Waals surface area contributed by atoms with Gasteiger partial charge in [-0.2, -0.15) is 0 Å². The summed E-state index contributed by atoms with van der Waals surface area (Å²) in [4.78, 5) is 10.8. The van der Waals surface area contributed by atoms with Crippen LogP contribution in [0.5, 0.6) is 0 Å². The Morgan fingerprint density at radius 2 is 2.23 bits per heavy atom. The van der Waals surface area contributed by atoms with Gasteiger partial charge in [-0.05, 0) is 13.0 Å². The molecule has 0 rings (SSSR count). The van der Waals surface area contributed by atoms with Gasteiger partial charge in [0, 0.05) is 13.2 Å². The molecule has 0 fully saturated rings. The van der Waals surface area contributed by atoms with E-state index in [1.165, 1.54) is 0 Å². The molecule has 0 saturated carbocycles. The van der Waals surface area contributed by atoms with Crippen molar-refractivity contribution in [3.05, 3.63) is 0 Å². The van der Waals surface area contributed by atoms with Crippen LogP contribution in [-0.2, 0) is 9.53 Å². The lowest BCUT2D eigenvalue weighted by Gasteiger charge is -2.13. The number of carbonyl (C=O) groups excluding carboxylic acids is 1. The maximum Gasteiger partial charge on any atom is 0.234 e. The molecule has 0 aliphatic carbocycles. The number of hydrogen-bond acceptors (Lipinski definition) is 4. The summed E-state index contributed by atoms with van der Waals surface area (Å²) in [6, 6.07) is -0.289. The third kappa shape index (κ3) is 6.51. The number of likely N-dealkylation sites (N-methyl/N-ethyl adjacent to an activating group) is 1. The number of primary amides is 1. The van der Waals surface area contributed by atoms with Crippen LogP contribution in [0.4, 0.5) is 0 Å². The van der Waals surface area contributed by atoms with E-state index in [0.717, 1.165) is 6.54 Å². The summed E-state index contributed by atoms with van der Waals surface area (Å²) in [6.07, 6.45) is 0.600. The highest BCUT2D eigenvalue weighted by Crippen LogP contribution is 1.91. The Labute approximate surface area is 78.8 Å². The van der Waals surface area contributed by atoms with E-state index in [4.69, 9.17) is 16.2 Å². The van der Waals surface area contributed by atoms with Crippen molar-refractivity contribution >= 4 is 5.91 Å². The molecule has 0 heterocycles. The summed E-state index contributed by atoms with van der Waals surface area (Å²) in [6.45, 7) is 4.19. The van der Waals surface area contributed by atoms with E-state index >= 15 is 0 Å². The molecule has 78 valence electrons. The summed E-state index contributed by atoms with van der Waals surface area (Å²) in [5, 5.41) is 2.97. The molecule has 0 aromatic heterocycles. The fourth-order valence-electron chi connectivity index (χ4n) is 0.978. The Morgan fingerprint density at radius 1 is 1.54 bits per heavy atom. The van der Waals surface area contributed by atoms with Gasteiger partial charge in [-0.1, -0.05) is 6.92 Å². The average Bonchev–Trinajstić information content (AvgIpc) is 2.10. The molecule has 1 amide bonds. The van der Waals surface area contributed by atoms with Crippen LogP contribution < -0.4 is 16.8 Å². The molecule has 13 heavy (non-hydrogen) atoms. The van der Waals surface area contributed by atoms with Crippen LogP contribution in [0.2, 0.25) is 0 Å². The lowest BCUT2D eigenvalue weighted by molar-refractivity contribution is -0.120. The highest BCUT2D eigenvalue weighted by molar-refractivity contribution is 5.79. The largest absolute Gasteiger partial charge is 0.380 e. The number of nitrogens with one attached hydrogen (secondary N) is 1. The van der Waals surface area contributed by atoms with Gasteiger partial charge in [0.15, 0.2) is 0 Å². The normalized spacial score (nSPS) is 12.8. The molecule has 0 spiro atoms. The molecule has 0 aliphatic rings. The van der Waals surface area contributed by atoms with Crippen LogP contribution in [0.3, 0.4) is 0 Å². The monoisotopic (exact) mass is 189 g/mol. The first-order valence-electron chi connectivity index (χ1n) is 4.52. The van der Waals surface area contributed by atoms with Gasteiger partial charge in [-0.25, -0.2) is 0 Å². The van der Waals surface area contributed by atoms with Crippen molar-refractivity contribution in [3.63, 3.8) is 0 Å². The number of rotatable bonds is 8. The van der Waals surface area contributed by atoms with Crippen LogP contribution in [0.25, 0.3) is 0 Å². The van der Waals surface area contributed by atoms with Crippen molar-refractivity contribution in [3.8, 4) is 0 Å². The van der Waals surface area contributed by atoms with Gasteiger partial charge in [0.1, 0.15) is 0 Å². The molecule has 5 N–H and O–H groups in total. The summed E-state index contributed by atoms with van der Waals surface area (Å²) in [5.74, 6) is -0.335. The fraction of sp³-hybridized carbons (Fsp3) is 0.875. The number of amides is 1. The first-order valence-corrected chi connectivity index (χ1v) is 4.52. The molecule has 0 aliphatic heterocycles. The summed E-state index contributed by atoms with van der Waals surface area (Å²) in [7, 11) is 0. The van der Waals surface area contributed by atoms with Gasteiger partial charge in [0.2, 0.25) is 5.91 Å². The van der Waals surface area contributed by atoms with Gasteiger partial charge < -0.3 is 21.5 Å². The average molecular weight is 189 g/mol. The SMILES string of the molecule is CCNC(CCOCCN)C(N)=O. The van der Waals surface area contributed by atoms with Gasteiger partial charge >= 0.3 is 0 Å². The van der Waals surface area contributed by atoms with Crippen LogP contribution in [-0.4, -0.2) is 38.3 Å². The molecular formula is C8H19N3O2. The Kier molecular flexibility index (Phi) is 7.57. The summed E-state index contributed by atoms with van der Waals surface area (Å²) >= 11 is 0. The minimum Gasteiger partial charge on any atom is -0.380 e. The fourth-order valence-corrected chi connectivity index (χ4v) is 0.978. The lowest BCUT2D eigenvalue weighted by atomic mass is 10.2.